The topological polar surface area (TPSA) is 155 Å². The molecule has 3 rings (SSSR count). The molecule has 3 aromatic carbocycles. The van der Waals surface area contributed by atoms with E-state index < -0.39 is 64.5 Å². The number of hydrogen-bond acceptors (Lipinski definition) is 7. The highest BCUT2D eigenvalue weighted by molar-refractivity contribution is 7.89. The number of halogens is 4. The molecular weight excluding hydrogens is 721 g/mol. The van der Waals surface area contributed by atoms with Crippen LogP contribution in [0.5, 0.6) is 0 Å². The Morgan fingerprint density at radius 2 is 1.58 bits per heavy atom. The van der Waals surface area contributed by atoms with Gasteiger partial charge in [0.25, 0.3) is 0 Å². The van der Waals surface area contributed by atoms with Crippen LogP contribution < -0.4 is 10.0 Å². The van der Waals surface area contributed by atoms with Gasteiger partial charge in [-0.2, -0.15) is 0 Å². The van der Waals surface area contributed by atoms with Crippen LogP contribution >= 0.6 is 23.2 Å². The Kier molecular flexibility index (Phi) is 15.4. The lowest BCUT2D eigenvalue weighted by molar-refractivity contribution is -0.158. The van der Waals surface area contributed by atoms with Crippen molar-refractivity contribution in [3.63, 3.8) is 0 Å². The molecule has 0 saturated heterocycles. The van der Waals surface area contributed by atoms with Gasteiger partial charge in [-0.15, -0.1) is 0 Å². The number of likely N-dealkylation sites (N-methyl/N-ethyl adjacent to an activating group) is 1. The summed E-state index contributed by atoms with van der Waals surface area (Å²) in [5, 5.41) is 12.7. The number of carbonyl (C=O) groups excluding carboxylic acids is 2. The standard InChI is InChI=1S/C33H38Cl2F2N4O8S/c1-4-48-30(49-5-2)20-40(3)32(43)27(16-22-11-13-25(36)26(37)15-22)39-31(42)28(41(33(44)45)19-21-9-7-6-8-10-21)18-38-50(46,47)29-14-12-23(34)17-24(29)35/h6-15,17,27-28,30,38H,4-5,16,18-20H2,1-3H3,(H,39,42)(H,44,45). The molecule has 2 unspecified atom stereocenters. The van der Waals surface area contributed by atoms with Gasteiger partial charge in [-0.1, -0.05) is 59.6 Å². The van der Waals surface area contributed by atoms with Gasteiger partial charge >= 0.3 is 6.09 Å². The SMILES string of the molecule is CCOC(CN(C)C(=O)C(Cc1ccc(F)c(F)c1)NC(=O)C(CNS(=O)(=O)c1ccc(Cl)cc1Cl)N(Cc1ccccc1)C(=O)O)OCC. The molecule has 17 heteroatoms. The predicted octanol–water partition coefficient (Wildman–Crippen LogP) is 4.68. The Balaban J connectivity index is 2.01. The normalized spacial score (nSPS) is 12.7. The van der Waals surface area contributed by atoms with Crippen molar-refractivity contribution in [3.05, 3.63) is 99.5 Å². The highest BCUT2D eigenvalue weighted by Gasteiger charge is 2.35. The van der Waals surface area contributed by atoms with Crippen LogP contribution in [0.1, 0.15) is 25.0 Å². The lowest BCUT2D eigenvalue weighted by atomic mass is 10.0. The number of carboxylic acid groups (broad SMARTS) is 1. The fourth-order valence-electron chi connectivity index (χ4n) is 4.87. The minimum atomic E-state index is -4.43. The van der Waals surface area contributed by atoms with Crippen molar-refractivity contribution in [3.8, 4) is 0 Å². The molecule has 0 aliphatic heterocycles. The zero-order valence-electron chi connectivity index (χ0n) is 27.4. The maximum Gasteiger partial charge on any atom is 0.408 e. The molecule has 12 nitrogen and oxygen atoms in total. The molecule has 3 amide bonds. The first kappa shape index (κ1) is 40.6. The first-order valence-corrected chi connectivity index (χ1v) is 17.6. The third-order valence-corrected chi connectivity index (χ3v) is 9.45. The van der Waals surface area contributed by atoms with Gasteiger partial charge in [0.15, 0.2) is 17.9 Å². The largest absolute Gasteiger partial charge is 0.465 e. The van der Waals surface area contributed by atoms with E-state index in [1.54, 1.807) is 44.2 Å². The van der Waals surface area contributed by atoms with Gasteiger partial charge in [0.05, 0.1) is 11.6 Å². The van der Waals surface area contributed by atoms with E-state index in [9.17, 15) is 36.7 Å². The summed E-state index contributed by atoms with van der Waals surface area (Å²) in [6.07, 6.45) is -2.74. The molecule has 3 N–H and O–H groups in total. The van der Waals surface area contributed by atoms with Crippen molar-refractivity contribution in [1.82, 2.24) is 19.8 Å². The quantitative estimate of drug-likeness (QED) is 0.158. The summed E-state index contributed by atoms with van der Waals surface area (Å²) in [5.41, 5.74) is 0.611. The van der Waals surface area contributed by atoms with E-state index in [-0.39, 0.29) is 53.2 Å². The van der Waals surface area contributed by atoms with Crippen LogP contribution in [0.3, 0.4) is 0 Å². The van der Waals surface area contributed by atoms with E-state index in [1.165, 1.54) is 30.1 Å². The number of ether oxygens (including phenoxy) is 2. The molecule has 0 bridgehead atoms. The number of nitrogens with zero attached hydrogens (tertiary/aromatic N) is 2. The number of amides is 3. The number of hydrogen-bond donors (Lipinski definition) is 3. The number of benzene rings is 3. The zero-order valence-corrected chi connectivity index (χ0v) is 29.8. The summed E-state index contributed by atoms with van der Waals surface area (Å²) in [5.74, 6) is -4.08. The molecule has 0 aliphatic carbocycles. The van der Waals surface area contributed by atoms with Crippen LogP contribution in [0.2, 0.25) is 10.0 Å². The lowest BCUT2D eigenvalue weighted by Crippen LogP contribution is -2.58. The van der Waals surface area contributed by atoms with Gasteiger partial charge in [-0.25, -0.2) is 26.7 Å². The van der Waals surface area contributed by atoms with Crippen molar-refractivity contribution >= 4 is 51.1 Å². The Morgan fingerprint density at radius 1 is 0.920 bits per heavy atom. The Morgan fingerprint density at radius 3 is 2.16 bits per heavy atom. The van der Waals surface area contributed by atoms with Gasteiger partial charge in [-0.3, -0.25) is 14.5 Å². The van der Waals surface area contributed by atoms with Crippen molar-refractivity contribution in [2.75, 3.05) is 33.4 Å². The van der Waals surface area contributed by atoms with Crippen LogP contribution in [0.25, 0.3) is 0 Å². The zero-order chi connectivity index (χ0) is 37.0. The number of sulfonamides is 1. The molecule has 0 aliphatic rings. The van der Waals surface area contributed by atoms with E-state index in [0.717, 1.165) is 18.2 Å². The van der Waals surface area contributed by atoms with E-state index >= 15 is 0 Å². The molecule has 0 radical (unpaired) electrons. The van der Waals surface area contributed by atoms with Crippen LogP contribution in [-0.4, -0.2) is 93.0 Å². The minimum absolute atomic E-state index is 0.0784. The summed E-state index contributed by atoms with van der Waals surface area (Å²) in [7, 11) is -3.01. The number of carbonyl (C=O) groups is 3. The van der Waals surface area contributed by atoms with Crippen molar-refractivity contribution in [2.24, 2.45) is 0 Å². The smallest absolute Gasteiger partial charge is 0.408 e. The highest BCUT2D eigenvalue weighted by atomic mass is 35.5. The van der Waals surface area contributed by atoms with Crippen molar-refractivity contribution in [1.29, 1.82) is 0 Å². The average Bonchev–Trinajstić information content (AvgIpc) is 3.05. The maximum absolute atomic E-state index is 14.2. The summed E-state index contributed by atoms with van der Waals surface area (Å²) in [4.78, 5) is 42.1. The Bertz CT molecular complexity index is 1730. The van der Waals surface area contributed by atoms with Gasteiger partial charge in [-0.05, 0) is 55.3 Å². The first-order valence-electron chi connectivity index (χ1n) is 15.4. The van der Waals surface area contributed by atoms with Crippen LogP contribution in [0, 0.1) is 11.6 Å². The monoisotopic (exact) mass is 758 g/mol. The fourth-order valence-corrected chi connectivity index (χ4v) is 6.68. The summed E-state index contributed by atoms with van der Waals surface area (Å²) >= 11 is 12.0. The Labute approximate surface area is 299 Å². The molecular formula is C33H38Cl2F2N4O8S. The van der Waals surface area contributed by atoms with Gasteiger partial charge in [0.2, 0.25) is 21.8 Å². The van der Waals surface area contributed by atoms with E-state index in [1.807, 2.05) is 0 Å². The summed E-state index contributed by atoms with van der Waals surface area (Å²) < 4.78 is 67.8. The van der Waals surface area contributed by atoms with E-state index in [2.05, 4.69) is 10.0 Å². The molecule has 2 atom stereocenters. The molecule has 3 aromatic rings. The predicted molar refractivity (Wildman–Crippen MR) is 182 cm³/mol. The molecule has 272 valence electrons. The third kappa shape index (κ3) is 11.6. The molecule has 50 heavy (non-hydrogen) atoms. The summed E-state index contributed by atoms with van der Waals surface area (Å²) in [6.45, 7) is 2.80. The molecule has 0 saturated carbocycles. The third-order valence-electron chi connectivity index (χ3n) is 7.31. The van der Waals surface area contributed by atoms with Crippen LogP contribution in [0.15, 0.2) is 71.6 Å². The maximum atomic E-state index is 14.2. The van der Waals surface area contributed by atoms with E-state index in [4.69, 9.17) is 32.7 Å². The Hall–Kier alpha value is -3.86. The fraction of sp³-hybridized carbons (Fsp3) is 0.364. The highest BCUT2D eigenvalue weighted by Crippen LogP contribution is 2.25. The van der Waals surface area contributed by atoms with Crippen molar-refractivity contribution in [2.45, 2.75) is 50.1 Å². The van der Waals surface area contributed by atoms with Crippen molar-refractivity contribution < 1.29 is 46.2 Å². The molecule has 0 heterocycles. The van der Waals surface area contributed by atoms with Gasteiger partial charge in [0.1, 0.15) is 17.0 Å². The van der Waals surface area contributed by atoms with Gasteiger partial charge in [0, 0.05) is 44.8 Å². The van der Waals surface area contributed by atoms with Crippen LogP contribution in [0.4, 0.5) is 13.6 Å². The van der Waals surface area contributed by atoms with Gasteiger partial charge < -0.3 is 24.8 Å². The average molecular weight is 760 g/mol. The lowest BCUT2D eigenvalue weighted by Gasteiger charge is -2.32. The number of nitrogens with one attached hydrogen (secondary N) is 2. The van der Waals surface area contributed by atoms with E-state index in [0.29, 0.717) is 10.5 Å². The molecule has 0 aromatic heterocycles. The number of rotatable bonds is 18. The minimum Gasteiger partial charge on any atom is -0.465 e. The molecule has 0 fully saturated rings. The van der Waals surface area contributed by atoms with Crippen LogP contribution in [-0.2, 0) is 42.1 Å². The first-order chi connectivity index (χ1) is 23.7. The molecule has 0 spiro atoms. The summed E-state index contributed by atoms with van der Waals surface area (Å²) in [6, 6.07) is 11.6. The second-order valence-corrected chi connectivity index (χ2v) is 13.5. The second kappa shape index (κ2) is 18.9. The second-order valence-electron chi connectivity index (χ2n) is 10.9.